The summed E-state index contributed by atoms with van der Waals surface area (Å²) in [4.78, 5) is 29.6. The number of rotatable bonds is 6. The van der Waals surface area contributed by atoms with Crippen LogP contribution in [-0.2, 0) is 4.79 Å². The number of nitrogens with zero attached hydrogens (tertiary/aromatic N) is 3. The minimum absolute atomic E-state index is 0.165. The topological polar surface area (TPSA) is 76.1 Å². The van der Waals surface area contributed by atoms with Gasteiger partial charge in [-0.1, -0.05) is 11.6 Å². The molecule has 0 aromatic heterocycles. The number of alkyl halides is 3. The van der Waals surface area contributed by atoms with E-state index in [0.29, 0.717) is 23.4 Å². The summed E-state index contributed by atoms with van der Waals surface area (Å²) in [5.74, 6) is -2.39. The average molecular weight is 503 g/mol. The van der Waals surface area contributed by atoms with Gasteiger partial charge in [0, 0.05) is 57.9 Å². The number of amides is 2. The SMILES string of the molecule is CN(C)C(=O)c1ccc(NC2CN(C3CCN(C(=O)C(O)(C4CC4)C(F)(F)F)CC3)C2)cc1Cl. The highest BCUT2D eigenvalue weighted by molar-refractivity contribution is 6.34. The molecule has 188 valence electrons. The Morgan fingerprint density at radius 2 is 1.74 bits per heavy atom. The molecule has 1 unspecified atom stereocenters. The zero-order chi connectivity index (χ0) is 24.8. The van der Waals surface area contributed by atoms with Crippen molar-refractivity contribution in [3.8, 4) is 0 Å². The number of anilines is 1. The Bertz CT molecular complexity index is 942. The molecule has 2 N–H and O–H groups in total. The normalized spacial score (nSPS) is 22.1. The van der Waals surface area contributed by atoms with Crippen molar-refractivity contribution in [1.82, 2.24) is 14.7 Å². The summed E-state index contributed by atoms with van der Waals surface area (Å²) in [5, 5.41) is 14.0. The van der Waals surface area contributed by atoms with Gasteiger partial charge in [-0.2, -0.15) is 13.2 Å². The van der Waals surface area contributed by atoms with Crippen LogP contribution in [0.15, 0.2) is 18.2 Å². The van der Waals surface area contributed by atoms with Crippen LogP contribution in [0.4, 0.5) is 18.9 Å². The number of carbonyl (C=O) groups is 2. The van der Waals surface area contributed by atoms with E-state index in [0.717, 1.165) is 18.8 Å². The van der Waals surface area contributed by atoms with Crippen LogP contribution in [0.3, 0.4) is 0 Å². The van der Waals surface area contributed by atoms with Gasteiger partial charge in [0.25, 0.3) is 11.8 Å². The third-order valence-corrected chi connectivity index (χ3v) is 7.39. The summed E-state index contributed by atoms with van der Waals surface area (Å²) in [6.07, 6.45) is -3.37. The van der Waals surface area contributed by atoms with Crippen molar-refractivity contribution in [2.75, 3.05) is 45.6 Å². The number of hydrogen-bond donors (Lipinski definition) is 2. The zero-order valence-electron chi connectivity index (χ0n) is 19.2. The third-order valence-electron chi connectivity index (χ3n) is 7.08. The van der Waals surface area contributed by atoms with Gasteiger partial charge in [0.1, 0.15) is 0 Å². The van der Waals surface area contributed by atoms with Gasteiger partial charge in [0.2, 0.25) is 5.60 Å². The molecule has 2 heterocycles. The van der Waals surface area contributed by atoms with Gasteiger partial charge in [0.15, 0.2) is 0 Å². The molecule has 7 nitrogen and oxygen atoms in total. The Morgan fingerprint density at radius 3 is 2.24 bits per heavy atom. The van der Waals surface area contributed by atoms with E-state index in [1.165, 1.54) is 9.80 Å². The van der Waals surface area contributed by atoms with Gasteiger partial charge >= 0.3 is 6.18 Å². The van der Waals surface area contributed by atoms with E-state index < -0.39 is 23.6 Å². The molecular formula is C23H30ClF3N4O3. The highest BCUT2D eigenvalue weighted by atomic mass is 35.5. The van der Waals surface area contributed by atoms with E-state index in [4.69, 9.17) is 11.6 Å². The van der Waals surface area contributed by atoms with Crippen LogP contribution in [0.1, 0.15) is 36.0 Å². The molecule has 34 heavy (non-hydrogen) atoms. The van der Waals surface area contributed by atoms with Crippen molar-refractivity contribution in [2.24, 2.45) is 5.92 Å². The predicted molar refractivity (Wildman–Crippen MR) is 122 cm³/mol. The number of piperidine rings is 1. The van der Waals surface area contributed by atoms with Gasteiger partial charge in [-0.3, -0.25) is 14.5 Å². The Balaban J connectivity index is 1.26. The molecule has 3 fully saturated rings. The molecule has 2 aliphatic heterocycles. The van der Waals surface area contributed by atoms with Crippen molar-refractivity contribution in [3.05, 3.63) is 28.8 Å². The maximum Gasteiger partial charge on any atom is 0.426 e. The molecule has 1 aromatic rings. The summed E-state index contributed by atoms with van der Waals surface area (Å²) in [7, 11) is 3.33. The molecule has 1 aromatic carbocycles. The van der Waals surface area contributed by atoms with Gasteiger partial charge in [-0.05, 0) is 43.9 Å². The smallest absolute Gasteiger partial charge is 0.380 e. The van der Waals surface area contributed by atoms with Crippen LogP contribution >= 0.6 is 11.6 Å². The second-order valence-electron chi connectivity index (χ2n) is 9.75. The Labute approximate surface area is 201 Å². The first-order valence-corrected chi connectivity index (χ1v) is 11.9. The summed E-state index contributed by atoms with van der Waals surface area (Å²) < 4.78 is 40.4. The Hall–Kier alpha value is -2.04. The van der Waals surface area contributed by atoms with Crippen molar-refractivity contribution in [3.63, 3.8) is 0 Å². The number of halogens is 4. The Kier molecular flexibility index (Phi) is 6.78. The molecule has 0 spiro atoms. The highest BCUT2D eigenvalue weighted by Crippen LogP contribution is 2.49. The first-order chi connectivity index (χ1) is 15.9. The lowest BCUT2D eigenvalue weighted by Gasteiger charge is -2.48. The molecule has 4 rings (SSSR count). The van der Waals surface area contributed by atoms with E-state index in [-0.39, 0.29) is 43.9 Å². The van der Waals surface area contributed by atoms with Crippen molar-refractivity contribution in [2.45, 2.75) is 49.5 Å². The van der Waals surface area contributed by atoms with E-state index >= 15 is 0 Å². The molecule has 2 saturated heterocycles. The maximum atomic E-state index is 13.5. The number of aliphatic hydroxyl groups is 1. The van der Waals surface area contributed by atoms with Crippen LogP contribution in [0.2, 0.25) is 5.02 Å². The van der Waals surface area contributed by atoms with Crippen LogP contribution in [-0.4, -0.2) is 95.8 Å². The number of carbonyl (C=O) groups excluding carboxylic acids is 2. The molecule has 1 saturated carbocycles. The molecule has 0 radical (unpaired) electrons. The van der Waals surface area contributed by atoms with Gasteiger partial charge in [-0.25, -0.2) is 0 Å². The quantitative estimate of drug-likeness (QED) is 0.625. The molecule has 3 aliphatic rings. The lowest BCUT2D eigenvalue weighted by molar-refractivity contribution is -0.263. The monoisotopic (exact) mass is 502 g/mol. The second-order valence-corrected chi connectivity index (χ2v) is 10.2. The minimum atomic E-state index is -4.96. The summed E-state index contributed by atoms with van der Waals surface area (Å²) in [5.41, 5.74) is -2.00. The second kappa shape index (κ2) is 9.20. The summed E-state index contributed by atoms with van der Waals surface area (Å²) >= 11 is 6.27. The summed E-state index contributed by atoms with van der Waals surface area (Å²) in [6, 6.07) is 5.62. The number of nitrogens with one attached hydrogen (secondary N) is 1. The Morgan fingerprint density at radius 1 is 1.12 bits per heavy atom. The van der Waals surface area contributed by atoms with Crippen molar-refractivity contribution < 1.29 is 27.9 Å². The first-order valence-electron chi connectivity index (χ1n) is 11.5. The third kappa shape index (κ3) is 4.72. The maximum absolute atomic E-state index is 13.5. The molecule has 2 amide bonds. The number of hydrogen-bond acceptors (Lipinski definition) is 5. The van der Waals surface area contributed by atoms with E-state index in [9.17, 15) is 27.9 Å². The van der Waals surface area contributed by atoms with Crippen LogP contribution in [0.25, 0.3) is 0 Å². The van der Waals surface area contributed by atoms with Crippen LogP contribution in [0.5, 0.6) is 0 Å². The first kappa shape index (κ1) is 25.1. The average Bonchev–Trinajstić information content (AvgIpc) is 3.59. The van der Waals surface area contributed by atoms with E-state index in [2.05, 4.69) is 10.2 Å². The zero-order valence-corrected chi connectivity index (χ0v) is 20.0. The molecule has 1 atom stereocenters. The molecule has 11 heteroatoms. The minimum Gasteiger partial charge on any atom is -0.380 e. The van der Waals surface area contributed by atoms with Gasteiger partial charge in [0.05, 0.1) is 16.6 Å². The van der Waals surface area contributed by atoms with Crippen LogP contribution < -0.4 is 5.32 Å². The summed E-state index contributed by atoms with van der Waals surface area (Å²) in [6.45, 7) is 1.95. The highest BCUT2D eigenvalue weighted by Gasteiger charge is 2.67. The fraction of sp³-hybridized carbons (Fsp3) is 0.652. The van der Waals surface area contributed by atoms with Crippen molar-refractivity contribution in [1.29, 1.82) is 0 Å². The molecule has 1 aliphatic carbocycles. The van der Waals surface area contributed by atoms with Crippen molar-refractivity contribution >= 4 is 29.1 Å². The van der Waals surface area contributed by atoms with E-state index in [1.807, 2.05) is 6.07 Å². The van der Waals surface area contributed by atoms with E-state index in [1.54, 1.807) is 26.2 Å². The largest absolute Gasteiger partial charge is 0.426 e. The van der Waals surface area contributed by atoms with Crippen LogP contribution in [0, 0.1) is 5.92 Å². The van der Waals surface area contributed by atoms with Gasteiger partial charge in [-0.15, -0.1) is 0 Å². The fourth-order valence-corrected chi connectivity index (χ4v) is 5.12. The van der Waals surface area contributed by atoms with Gasteiger partial charge < -0.3 is 20.2 Å². The lowest BCUT2D eigenvalue weighted by atomic mass is 9.92. The lowest BCUT2D eigenvalue weighted by Crippen LogP contribution is -2.63. The molecule has 0 bridgehead atoms. The molecular weight excluding hydrogens is 473 g/mol. The standard InChI is InChI=1S/C23H30ClF3N4O3/c1-29(2)20(32)18-6-5-15(11-19(18)24)28-16-12-31(13-16)17-7-9-30(10-8-17)21(33)22(34,14-3-4-14)23(25,26)27/h5-6,11,14,16-17,28,34H,3-4,7-10,12-13H2,1-2H3. The number of likely N-dealkylation sites (tertiary alicyclic amines) is 2. The predicted octanol–water partition coefficient (Wildman–Crippen LogP) is 2.83. The fourth-order valence-electron chi connectivity index (χ4n) is 4.86. The number of benzene rings is 1.